The molecule has 1 aromatic rings. The van der Waals surface area contributed by atoms with E-state index >= 15 is 0 Å². The van der Waals surface area contributed by atoms with Gasteiger partial charge in [-0.2, -0.15) is 0 Å². The number of anilines is 2. The normalized spacial score (nSPS) is 21.4. The molecule has 0 bridgehead atoms. The van der Waals surface area contributed by atoms with E-state index in [9.17, 15) is 10.1 Å². The lowest BCUT2D eigenvalue weighted by Crippen LogP contribution is -2.62. The van der Waals surface area contributed by atoms with E-state index < -0.39 is 4.92 Å². The molecule has 3 N–H and O–H groups in total. The molecule has 6 heteroatoms. The Balaban J connectivity index is 1.93. The first-order chi connectivity index (χ1) is 10.1. The smallest absolute Gasteiger partial charge is 0.292 e. The second-order valence-corrected chi connectivity index (χ2v) is 6.11. The molecule has 0 unspecified atom stereocenters. The third-order valence-corrected chi connectivity index (χ3v) is 4.84. The molecule has 1 saturated carbocycles. The predicted molar refractivity (Wildman–Crippen MR) is 83.5 cm³/mol. The van der Waals surface area contributed by atoms with Gasteiger partial charge in [0.25, 0.3) is 5.69 Å². The molecule has 1 saturated heterocycles. The maximum atomic E-state index is 10.9. The molecular formula is C15H22N4O2. The summed E-state index contributed by atoms with van der Waals surface area (Å²) in [7, 11) is 0. The zero-order valence-corrected chi connectivity index (χ0v) is 12.2. The van der Waals surface area contributed by atoms with Crippen LogP contribution in [0, 0.1) is 10.1 Å². The maximum absolute atomic E-state index is 10.9. The summed E-state index contributed by atoms with van der Waals surface area (Å²) in [6.07, 6.45) is 6.16. The number of hydrogen-bond donors (Lipinski definition) is 2. The van der Waals surface area contributed by atoms with E-state index in [0.29, 0.717) is 0 Å². The molecule has 1 spiro atoms. The number of nitrogens with two attached hydrogens (primary N) is 1. The van der Waals surface area contributed by atoms with Crippen LogP contribution >= 0.6 is 0 Å². The van der Waals surface area contributed by atoms with Crippen LogP contribution in [0.4, 0.5) is 17.1 Å². The summed E-state index contributed by atoms with van der Waals surface area (Å²) < 4.78 is 0. The van der Waals surface area contributed by atoms with Crippen LogP contribution in [0.5, 0.6) is 0 Å². The van der Waals surface area contributed by atoms with Gasteiger partial charge in [0, 0.05) is 31.4 Å². The van der Waals surface area contributed by atoms with Crippen LogP contribution in [0.25, 0.3) is 0 Å². The molecule has 114 valence electrons. The molecule has 0 aromatic heterocycles. The van der Waals surface area contributed by atoms with E-state index in [0.717, 1.165) is 25.3 Å². The van der Waals surface area contributed by atoms with Crippen molar-refractivity contribution >= 4 is 17.1 Å². The Bertz CT molecular complexity index is 532. The summed E-state index contributed by atoms with van der Waals surface area (Å²) in [5.74, 6) is 0. The van der Waals surface area contributed by atoms with Crippen molar-refractivity contribution in [3.8, 4) is 0 Å². The van der Waals surface area contributed by atoms with Crippen molar-refractivity contribution in [3.63, 3.8) is 0 Å². The van der Waals surface area contributed by atoms with Crippen molar-refractivity contribution in [1.82, 2.24) is 5.32 Å². The number of hydrogen-bond acceptors (Lipinski definition) is 5. The molecule has 0 amide bonds. The summed E-state index contributed by atoms with van der Waals surface area (Å²) in [5.41, 5.74) is 7.27. The third-order valence-electron chi connectivity index (χ3n) is 4.84. The molecule has 2 aliphatic rings. The summed E-state index contributed by atoms with van der Waals surface area (Å²) in [6.45, 7) is 2.86. The van der Waals surface area contributed by atoms with Gasteiger partial charge in [0.1, 0.15) is 5.69 Å². The number of rotatable bonds is 2. The number of piperazine rings is 1. The number of nitrogen functional groups attached to an aromatic ring is 1. The summed E-state index contributed by atoms with van der Waals surface area (Å²) in [4.78, 5) is 12.9. The van der Waals surface area contributed by atoms with Gasteiger partial charge in [0.05, 0.1) is 10.5 Å². The van der Waals surface area contributed by atoms with E-state index in [4.69, 9.17) is 5.73 Å². The minimum atomic E-state index is -0.423. The highest BCUT2D eigenvalue weighted by molar-refractivity contribution is 5.67. The van der Waals surface area contributed by atoms with Gasteiger partial charge in [-0.1, -0.05) is 19.3 Å². The van der Waals surface area contributed by atoms with E-state index in [1.165, 1.54) is 38.2 Å². The lowest BCUT2D eigenvalue weighted by molar-refractivity contribution is -0.383. The molecule has 0 radical (unpaired) electrons. The highest BCUT2D eigenvalue weighted by Crippen LogP contribution is 2.39. The topological polar surface area (TPSA) is 84.4 Å². The van der Waals surface area contributed by atoms with Gasteiger partial charge < -0.3 is 16.0 Å². The quantitative estimate of drug-likeness (QED) is 0.496. The molecule has 0 atom stereocenters. The minimum absolute atomic E-state index is 0.00780. The van der Waals surface area contributed by atoms with Crippen molar-refractivity contribution < 1.29 is 4.92 Å². The SMILES string of the molecule is Nc1cc(N2CCNCC23CCCCC3)ccc1[N+](=O)[O-]. The fraction of sp³-hybridized carbons (Fsp3) is 0.600. The average Bonchev–Trinajstić information content (AvgIpc) is 2.48. The monoisotopic (exact) mass is 290 g/mol. The molecule has 6 nitrogen and oxygen atoms in total. The van der Waals surface area contributed by atoms with Gasteiger partial charge >= 0.3 is 0 Å². The van der Waals surface area contributed by atoms with Gasteiger partial charge in [-0.05, 0) is 25.0 Å². The van der Waals surface area contributed by atoms with Gasteiger partial charge in [-0.15, -0.1) is 0 Å². The van der Waals surface area contributed by atoms with Crippen LogP contribution in [0.1, 0.15) is 32.1 Å². The van der Waals surface area contributed by atoms with Crippen molar-refractivity contribution in [2.75, 3.05) is 30.3 Å². The molecular weight excluding hydrogens is 268 g/mol. The summed E-state index contributed by atoms with van der Waals surface area (Å²) in [6, 6.07) is 5.14. The van der Waals surface area contributed by atoms with Crippen LogP contribution in [-0.2, 0) is 0 Å². The maximum Gasteiger partial charge on any atom is 0.292 e. The zero-order valence-electron chi connectivity index (χ0n) is 12.2. The van der Waals surface area contributed by atoms with E-state index in [1.807, 2.05) is 6.07 Å². The average molecular weight is 290 g/mol. The van der Waals surface area contributed by atoms with E-state index in [-0.39, 0.29) is 16.9 Å². The number of nitro benzene ring substituents is 1. The van der Waals surface area contributed by atoms with Crippen LogP contribution < -0.4 is 16.0 Å². The fourth-order valence-electron chi connectivity index (χ4n) is 3.78. The second kappa shape index (κ2) is 5.52. The molecule has 3 rings (SSSR count). The van der Waals surface area contributed by atoms with Crippen LogP contribution in [-0.4, -0.2) is 30.1 Å². The molecule has 1 aliphatic carbocycles. The number of nitro groups is 1. The van der Waals surface area contributed by atoms with Crippen molar-refractivity contribution in [2.45, 2.75) is 37.6 Å². The minimum Gasteiger partial charge on any atom is -0.393 e. The number of benzene rings is 1. The Labute approximate surface area is 124 Å². The molecule has 21 heavy (non-hydrogen) atoms. The first-order valence-corrected chi connectivity index (χ1v) is 7.65. The van der Waals surface area contributed by atoms with E-state index in [2.05, 4.69) is 10.2 Å². The molecule has 2 fully saturated rings. The van der Waals surface area contributed by atoms with Crippen LogP contribution in [0.3, 0.4) is 0 Å². The van der Waals surface area contributed by atoms with Gasteiger partial charge in [0.15, 0.2) is 0 Å². The Morgan fingerprint density at radius 2 is 2.05 bits per heavy atom. The first-order valence-electron chi connectivity index (χ1n) is 7.65. The van der Waals surface area contributed by atoms with Crippen LogP contribution in [0.15, 0.2) is 18.2 Å². The van der Waals surface area contributed by atoms with Crippen molar-refractivity contribution in [2.24, 2.45) is 0 Å². The van der Waals surface area contributed by atoms with Crippen molar-refractivity contribution in [1.29, 1.82) is 0 Å². The number of nitrogens with one attached hydrogen (secondary N) is 1. The highest BCUT2D eigenvalue weighted by Gasteiger charge is 2.40. The number of nitrogens with zero attached hydrogens (tertiary/aromatic N) is 2. The van der Waals surface area contributed by atoms with Gasteiger partial charge in [-0.25, -0.2) is 0 Å². The Morgan fingerprint density at radius 1 is 1.29 bits per heavy atom. The van der Waals surface area contributed by atoms with E-state index in [1.54, 1.807) is 6.07 Å². The van der Waals surface area contributed by atoms with Gasteiger partial charge in [0.2, 0.25) is 0 Å². The fourth-order valence-corrected chi connectivity index (χ4v) is 3.78. The largest absolute Gasteiger partial charge is 0.393 e. The Kier molecular flexibility index (Phi) is 3.71. The Hall–Kier alpha value is -1.82. The first kappa shape index (κ1) is 14.1. The predicted octanol–water partition coefficient (Wildman–Crippen LogP) is 2.29. The highest BCUT2D eigenvalue weighted by atomic mass is 16.6. The summed E-state index contributed by atoms with van der Waals surface area (Å²) >= 11 is 0. The molecule has 1 aliphatic heterocycles. The lowest BCUT2D eigenvalue weighted by Gasteiger charge is -2.51. The zero-order chi connectivity index (χ0) is 14.9. The lowest BCUT2D eigenvalue weighted by atomic mass is 9.78. The van der Waals surface area contributed by atoms with Crippen LogP contribution in [0.2, 0.25) is 0 Å². The second-order valence-electron chi connectivity index (χ2n) is 6.11. The summed E-state index contributed by atoms with van der Waals surface area (Å²) in [5, 5.41) is 14.4. The molecule has 1 aromatic carbocycles. The Morgan fingerprint density at radius 3 is 2.71 bits per heavy atom. The standard InChI is InChI=1S/C15H22N4O2/c16-13-10-12(4-5-14(13)19(20)21)18-9-8-17-11-15(18)6-2-1-3-7-15/h4-5,10,17H,1-3,6-9,11,16H2. The van der Waals surface area contributed by atoms with Gasteiger partial charge in [-0.3, -0.25) is 10.1 Å². The third kappa shape index (κ3) is 2.55. The van der Waals surface area contributed by atoms with Crippen molar-refractivity contribution in [3.05, 3.63) is 28.3 Å². The molecule has 1 heterocycles.